The molecule has 22 heavy (non-hydrogen) atoms. The second-order valence-corrected chi connectivity index (χ2v) is 5.80. The van der Waals surface area contributed by atoms with Gasteiger partial charge in [-0.15, -0.1) is 11.8 Å². The lowest BCUT2D eigenvalue weighted by Crippen LogP contribution is -2.31. The van der Waals surface area contributed by atoms with Gasteiger partial charge in [0, 0.05) is 12.3 Å². The largest absolute Gasteiger partial charge is 0.480 e. The van der Waals surface area contributed by atoms with Crippen molar-refractivity contribution in [2.24, 2.45) is 0 Å². The molecule has 1 aromatic heterocycles. The Kier molecular flexibility index (Phi) is 6.21. The molecule has 2 rings (SSSR count). The number of aliphatic carboxylic acids is 1. The van der Waals surface area contributed by atoms with Crippen LogP contribution in [0.1, 0.15) is 18.9 Å². The van der Waals surface area contributed by atoms with Gasteiger partial charge in [0.2, 0.25) is 0 Å². The van der Waals surface area contributed by atoms with Crippen LogP contribution in [0.5, 0.6) is 0 Å². The number of hydrogen-bond donors (Lipinski definition) is 1. The minimum atomic E-state index is -0.863. The van der Waals surface area contributed by atoms with E-state index in [1.54, 1.807) is 29.1 Å². The fourth-order valence-electron chi connectivity index (χ4n) is 2.00. The maximum atomic E-state index is 11.0. The van der Waals surface area contributed by atoms with Crippen molar-refractivity contribution in [3.63, 3.8) is 0 Å². The lowest BCUT2D eigenvalue weighted by atomic mass is 10.2. The Hall–Kier alpha value is -2.08. The van der Waals surface area contributed by atoms with E-state index in [9.17, 15) is 4.79 Å². The highest BCUT2D eigenvalue weighted by Gasteiger charge is 2.12. The number of carboxylic acid groups (broad SMARTS) is 1. The standard InChI is InChI=1S/C16H19N3O2S/c1-2-8-19(11-16(20)21)14-9-17-10-15(18-14)22-12-13-6-4-3-5-7-13/h3-7,9-10H,2,8,11-12H2,1H3,(H,20,21). The van der Waals surface area contributed by atoms with E-state index in [0.29, 0.717) is 12.4 Å². The van der Waals surface area contributed by atoms with Crippen molar-refractivity contribution in [1.82, 2.24) is 9.97 Å². The Morgan fingerprint density at radius 1 is 1.27 bits per heavy atom. The van der Waals surface area contributed by atoms with E-state index in [2.05, 4.69) is 22.1 Å². The van der Waals surface area contributed by atoms with Crippen LogP contribution in [0.25, 0.3) is 0 Å². The SMILES string of the molecule is CCCN(CC(=O)O)c1cncc(SCc2ccccc2)n1. The molecule has 0 spiro atoms. The number of aromatic nitrogens is 2. The van der Waals surface area contributed by atoms with E-state index in [1.807, 2.05) is 25.1 Å². The van der Waals surface area contributed by atoms with Gasteiger partial charge in [-0.05, 0) is 12.0 Å². The summed E-state index contributed by atoms with van der Waals surface area (Å²) in [5.41, 5.74) is 1.22. The quantitative estimate of drug-likeness (QED) is 0.755. The van der Waals surface area contributed by atoms with Crippen LogP contribution in [-0.2, 0) is 10.5 Å². The summed E-state index contributed by atoms with van der Waals surface area (Å²) in [4.78, 5) is 21.4. The number of nitrogens with zero attached hydrogens (tertiary/aromatic N) is 3. The number of benzene rings is 1. The number of anilines is 1. The maximum Gasteiger partial charge on any atom is 0.323 e. The molecule has 1 aromatic carbocycles. The zero-order chi connectivity index (χ0) is 15.8. The van der Waals surface area contributed by atoms with Gasteiger partial charge in [-0.1, -0.05) is 37.3 Å². The summed E-state index contributed by atoms with van der Waals surface area (Å²) in [5, 5.41) is 9.80. The molecule has 1 N–H and O–H groups in total. The van der Waals surface area contributed by atoms with E-state index >= 15 is 0 Å². The Labute approximate surface area is 134 Å². The van der Waals surface area contributed by atoms with Crippen LogP contribution < -0.4 is 4.90 Å². The molecule has 0 radical (unpaired) electrons. The molecule has 0 aliphatic heterocycles. The Balaban J connectivity index is 2.06. The number of carboxylic acids is 1. The van der Waals surface area contributed by atoms with E-state index < -0.39 is 5.97 Å². The summed E-state index contributed by atoms with van der Waals surface area (Å²) in [6.45, 7) is 2.60. The third kappa shape index (κ3) is 5.04. The summed E-state index contributed by atoms with van der Waals surface area (Å²) in [7, 11) is 0. The van der Waals surface area contributed by atoms with E-state index in [1.165, 1.54) is 5.56 Å². The normalized spacial score (nSPS) is 10.4. The van der Waals surface area contributed by atoms with Crippen molar-refractivity contribution < 1.29 is 9.90 Å². The maximum absolute atomic E-state index is 11.0. The molecule has 0 bridgehead atoms. The van der Waals surface area contributed by atoms with Crippen molar-refractivity contribution in [3.05, 3.63) is 48.3 Å². The van der Waals surface area contributed by atoms with E-state index in [0.717, 1.165) is 17.2 Å². The molecule has 5 nitrogen and oxygen atoms in total. The molecule has 0 atom stereocenters. The average Bonchev–Trinajstić information content (AvgIpc) is 2.53. The van der Waals surface area contributed by atoms with Gasteiger partial charge in [-0.2, -0.15) is 0 Å². The molecule has 0 fully saturated rings. The first-order valence-corrected chi connectivity index (χ1v) is 8.13. The van der Waals surface area contributed by atoms with Crippen LogP contribution in [0.2, 0.25) is 0 Å². The predicted octanol–water partition coefficient (Wildman–Crippen LogP) is 3.07. The predicted molar refractivity (Wildman–Crippen MR) is 88.2 cm³/mol. The van der Waals surface area contributed by atoms with Gasteiger partial charge in [0.15, 0.2) is 0 Å². The lowest BCUT2D eigenvalue weighted by molar-refractivity contribution is -0.135. The van der Waals surface area contributed by atoms with Gasteiger partial charge in [0.25, 0.3) is 0 Å². The summed E-state index contributed by atoms with van der Waals surface area (Å²) < 4.78 is 0. The third-order valence-corrected chi connectivity index (χ3v) is 3.94. The van der Waals surface area contributed by atoms with Crippen LogP contribution in [0, 0.1) is 0 Å². The van der Waals surface area contributed by atoms with Crippen LogP contribution in [0.4, 0.5) is 5.82 Å². The van der Waals surface area contributed by atoms with Gasteiger partial charge in [-0.25, -0.2) is 4.98 Å². The van der Waals surface area contributed by atoms with Crippen LogP contribution in [0.15, 0.2) is 47.8 Å². The summed E-state index contributed by atoms with van der Waals surface area (Å²) in [6, 6.07) is 10.1. The number of rotatable bonds is 8. The number of hydrogen-bond acceptors (Lipinski definition) is 5. The Morgan fingerprint density at radius 2 is 2.05 bits per heavy atom. The molecule has 0 aliphatic carbocycles. The van der Waals surface area contributed by atoms with Gasteiger partial charge in [0.1, 0.15) is 17.4 Å². The van der Waals surface area contributed by atoms with Crippen LogP contribution in [-0.4, -0.2) is 34.1 Å². The second-order valence-electron chi connectivity index (χ2n) is 4.81. The smallest absolute Gasteiger partial charge is 0.323 e. The molecule has 0 saturated carbocycles. The van der Waals surface area contributed by atoms with Crippen molar-refractivity contribution in [2.45, 2.75) is 24.1 Å². The minimum absolute atomic E-state index is 0.0602. The molecule has 116 valence electrons. The first kappa shape index (κ1) is 16.3. The summed E-state index contributed by atoms with van der Waals surface area (Å²) >= 11 is 1.59. The Bertz CT molecular complexity index is 607. The molecule has 0 saturated heterocycles. The second kappa shape index (κ2) is 8.38. The highest BCUT2D eigenvalue weighted by atomic mass is 32.2. The van der Waals surface area contributed by atoms with Crippen molar-refractivity contribution in [1.29, 1.82) is 0 Å². The lowest BCUT2D eigenvalue weighted by Gasteiger charge is -2.20. The van der Waals surface area contributed by atoms with Crippen molar-refractivity contribution >= 4 is 23.5 Å². The van der Waals surface area contributed by atoms with Gasteiger partial charge in [-0.3, -0.25) is 9.78 Å². The van der Waals surface area contributed by atoms with Crippen molar-refractivity contribution in [2.75, 3.05) is 18.0 Å². The van der Waals surface area contributed by atoms with E-state index in [-0.39, 0.29) is 6.54 Å². The average molecular weight is 317 g/mol. The molecule has 0 amide bonds. The third-order valence-electron chi connectivity index (χ3n) is 2.97. The zero-order valence-corrected chi connectivity index (χ0v) is 13.3. The molecular formula is C16H19N3O2S. The highest BCUT2D eigenvalue weighted by molar-refractivity contribution is 7.98. The first-order valence-electron chi connectivity index (χ1n) is 7.14. The van der Waals surface area contributed by atoms with E-state index in [4.69, 9.17) is 5.11 Å². The fourth-order valence-corrected chi connectivity index (χ4v) is 2.80. The molecule has 6 heteroatoms. The molecule has 0 aliphatic rings. The van der Waals surface area contributed by atoms with Crippen LogP contribution >= 0.6 is 11.8 Å². The number of thioether (sulfide) groups is 1. The number of carbonyl (C=O) groups is 1. The first-order chi connectivity index (χ1) is 10.7. The van der Waals surface area contributed by atoms with Crippen molar-refractivity contribution in [3.8, 4) is 0 Å². The van der Waals surface area contributed by atoms with Crippen LogP contribution in [0.3, 0.4) is 0 Å². The van der Waals surface area contributed by atoms with Gasteiger partial charge >= 0.3 is 5.97 Å². The monoisotopic (exact) mass is 317 g/mol. The molecule has 1 heterocycles. The molecule has 2 aromatic rings. The fraction of sp³-hybridized carbons (Fsp3) is 0.312. The summed E-state index contributed by atoms with van der Waals surface area (Å²) in [6.07, 6.45) is 4.18. The van der Waals surface area contributed by atoms with Gasteiger partial charge in [0.05, 0.1) is 12.4 Å². The minimum Gasteiger partial charge on any atom is -0.480 e. The zero-order valence-electron chi connectivity index (χ0n) is 12.5. The highest BCUT2D eigenvalue weighted by Crippen LogP contribution is 2.22. The molecule has 0 unspecified atom stereocenters. The Morgan fingerprint density at radius 3 is 2.73 bits per heavy atom. The molecular weight excluding hydrogens is 298 g/mol. The topological polar surface area (TPSA) is 66.3 Å². The summed E-state index contributed by atoms with van der Waals surface area (Å²) in [5.74, 6) is 0.561. The van der Waals surface area contributed by atoms with Gasteiger partial charge < -0.3 is 10.0 Å².